The first-order valence-electron chi connectivity index (χ1n) is 16.3. The average molecular weight is 687 g/mol. The lowest BCUT2D eigenvalue weighted by Gasteiger charge is -2.68. The molecule has 0 aromatic carbocycles. The Kier molecular flexibility index (Phi) is 9.05. The molecule has 3 aliphatic carbocycles. The summed E-state index contributed by atoms with van der Waals surface area (Å²) in [6, 6.07) is 0. The van der Waals surface area contributed by atoms with E-state index >= 15 is 0 Å². The molecule has 6 aliphatic rings. The number of carbonyl (C=O) groups is 3. The number of rotatable bonds is 7. The van der Waals surface area contributed by atoms with Crippen molar-refractivity contribution in [2.45, 2.75) is 113 Å². The van der Waals surface area contributed by atoms with Crippen LogP contribution in [0.3, 0.4) is 0 Å². The second-order valence-electron chi connectivity index (χ2n) is 14.8. The SMILES string of the molecule is COC(=O)[C@@]12OC[C@]34[C@H]([C@@H](O)[C@@H]1O)[C@]1(C)[C@H](C[C@H]3OC(=O)[C@H](OC(=O)CC(C)C)[C@@H]24)C(C)=C[C@H](O[C@H]2O[C@@H](CO)[C@H](O)[C@@H](O)[C@@H]2O)[C@H]1O. The summed E-state index contributed by atoms with van der Waals surface area (Å²) in [5, 5.41) is 77.0. The maximum atomic E-state index is 13.7. The Labute approximate surface area is 276 Å². The van der Waals surface area contributed by atoms with E-state index in [9.17, 15) is 50.1 Å². The van der Waals surface area contributed by atoms with Crippen LogP contribution in [-0.4, -0.2) is 147 Å². The second-order valence-corrected chi connectivity index (χ2v) is 14.8. The zero-order valence-corrected chi connectivity index (χ0v) is 27.4. The van der Waals surface area contributed by atoms with Crippen LogP contribution >= 0.6 is 0 Å². The fourth-order valence-electron chi connectivity index (χ4n) is 9.92. The smallest absolute Gasteiger partial charge is 0.348 e. The van der Waals surface area contributed by atoms with Crippen molar-refractivity contribution in [1.82, 2.24) is 0 Å². The van der Waals surface area contributed by atoms with Crippen LogP contribution in [0, 0.1) is 34.5 Å². The molecule has 3 heterocycles. The fourth-order valence-corrected chi connectivity index (χ4v) is 9.92. The first-order chi connectivity index (χ1) is 22.5. The number of allylic oxidation sites excluding steroid dienone is 1. The van der Waals surface area contributed by atoms with Crippen LogP contribution < -0.4 is 0 Å². The lowest BCUT2D eigenvalue weighted by molar-refractivity contribution is -0.330. The first kappa shape index (κ1) is 35.6. The number of hydrogen-bond donors (Lipinski definition) is 7. The highest BCUT2D eigenvalue weighted by Gasteiger charge is 2.85. The lowest BCUT2D eigenvalue weighted by Crippen LogP contribution is -2.80. The van der Waals surface area contributed by atoms with E-state index in [2.05, 4.69) is 0 Å². The van der Waals surface area contributed by atoms with Crippen LogP contribution in [0.2, 0.25) is 0 Å². The third-order valence-electron chi connectivity index (χ3n) is 12.0. The van der Waals surface area contributed by atoms with Crippen molar-refractivity contribution in [3.63, 3.8) is 0 Å². The highest BCUT2D eigenvalue weighted by atomic mass is 16.7. The van der Waals surface area contributed by atoms with Crippen molar-refractivity contribution >= 4 is 17.9 Å². The summed E-state index contributed by atoms with van der Waals surface area (Å²) in [6.07, 6.45) is -15.7. The van der Waals surface area contributed by atoms with E-state index in [-0.39, 0.29) is 25.4 Å². The molecule has 0 aromatic heterocycles. The third kappa shape index (κ3) is 4.68. The maximum absolute atomic E-state index is 13.7. The van der Waals surface area contributed by atoms with E-state index < -0.39 is 126 Å². The van der Waals surface area contributed by atoms with Gasteiger partial charge in [0.1, 0.15) is 42.7 Å². The van der Waals surface area contributed by atoms with Crippen molar-refractivity contribution in [1.29, 1.82) is 0 Å². The third-order valence-corrected chi connectivity index (χ3v) is 12.0. The van der Waals surface area contributed by atoms with Crippen molar-refractivity contribution < 1.29 is 78.6 Å². The van der Waals surface area contributed by atoms with Crippen molar-refractivity contribution in [3.8, 4) is 0 Å². The van der Waals surface area contributed by atoms with Gasteiger partial charge in [-0.1, -0.05) is 32.4 Å². The molecule has 1 spiro atoms. The zero-order valence-electron chi connectivity index (χ0n) is 27.4. The summed E-state index contributed by atoms with van der Waals surface area (Å²) in [5.74, 6) is -6.06. The lowest BCUT2D eigenvalue weighted by atomic mass is 9.37. The Morgan fingerprint density at radius 1 is 1.02 bits per heavy atom. The van der Waals surface area contributed by atoms with Crippen LogP contribution in [0.5, 0.6) is 0 Å². The quantitative estimate of drug-likeness (QED) is 0.0818. The molecule has 2 saturated carbocycles. The van der Waals surface area contributed by atoms with E-state index in [1.165, 1.54) is 0 Å². The number of aliphatic hydroxyl groups excluding tert-OH is 7. The molecule has 7 N–H and O–H groups in total. The highest BCUT2D eigenvalue weighted by Crippen LogP contribution is 2.73. The number of aliphatic hydroxyl groups is 7. The van der Waals surface area contributed by atoms with Gasteiger partial charge in [0.2, 0.25) is 11.7 Å². The standard InChI is InChI=1S/C32H46O16/c1-11(2)6-17(34)48-22-24-31-10-44-32(24,29(42)43-5)26(40)21(38)23(31)30(4)13(8-16(31)47-27(22)41)12(3)7-14(25(30)39)45-28-20(37)19(36)18(35)15(9-33)46-28/h7,11,13-16,18-26,28,33,35-40H,6,8-10H2,1-5H3/t13-,14+,15+,16-,18+,19-,20+,21-,22-,23-,24-,25-,26+,28+,30+,31-,32+/m1/s1. The minimum absolute atomic E-state index is 0.0624. The van der Waals surface area contributed by atoms with Crippen LogP contribution in [0.4, 0.5) is 0 Å². The van der Waals surface area contributed by atoms with E-state index in [1.54, 1.807) is 33.8 Å². The molecule has 17 atom stereocenters. The van der Waals surface area contributed by atoms with Gasteiger partial charge in [0.05, 0.1) is 38.4 Å². The summed E-state index contributed by atoms with van der Waals surface area (Å²) in [5.41, 5.74) is -4.60. The van der Waals surface area contributed by atoms with Crippen LogP contribution in [-0.2, 0) is 42.8 Å². The predicted molar refractivity (Wildman–Crippen MR) is 156 cm³/mol. The fraction of sp³-hybridized carbons (Fsp3) is 0.844. The highest BCUT2D eigenvalue weighted by molar-refractivity contribution is 5.87. The molecule has 3 saturated heterocycles. The monoisotopic (exact) mass is 686 g/mol. The Morgan fingerprint density at radius 3 is 2.33 bits per heavy atom. The zero-order chi connectivity index (χ0) is 35.2. The summed E-state index contributed by atoms with van der Waals surface area (Å²) in [6.45, 7) is 5.93. The van der Waals surface area contributed by atoms with Crippen LogP contribution in [0.15, 0.2) is 11.6 Å². The van der Waals surface area contributed by atoms with Gasteiger partial charge < -0.3 is 64.2 Å². The summed E-state index contributed by atoms with van der Waals surface area (Å²) in [4.78, 5) is 40.3. The molecular formula is C32H46O16. The normalized spacial score (nSPS) is 50.9. The number of hydrogen-bond acceptors (Lipinski definition) is 16. The van der Waals surface area contributed by atoms with Gasteiger partial charge in [-0.25, -0.2) is 9.59 Å². The van der Waals surface area contributed by atoms with E-state index in [0.29, 0.717) is 5.57 Å². The Bertz CT molecular complexity index is 1330. The van der Waals surface area contributed by atoms with Gasteiger partial charge in [0.15, 0.2) is 6.29 Å². The van der Waals surface area contributed by atoms with Crippen molar-refractivity contribution in [2.75, 3.05) is 20.3 Å². The molecule has 48 heavy (non-hydrogen) atoms. The largest absolute Gasteiger partial charge is 0.467 e. The summed E-state index contributed by atoms with van der Waals surface area (Å²) in [7, 11) is 1.06. The van der Waals surface area contributed by atoms with Gasteiger partial charge in [0, 0.05) is 23.2 Å². The van der Waals surface area contributed by atoms with E-state index in [0.717, 1.165) is 7.11 Å². The molecular weight excluding hydrogens is 640 g/mol. The molecule has 0 amide bonds. The summed E-state index contributed by atoms with van der Waals surface area (Å²) < 4.78 is 34.5. The molecule has 3 aliphatic heterocycles. The topological polar surface area (TPSA) is 248 Å². The van der Waals surface area contributed by atoms with E-state index in [1.807, 2.05) is 0 Å². The van der Waals surface area contributed by atoms with Gasteiger partial charge in [-0.15, -0.1) is 0 Å². The van der Waals surface area contributed by atoms with Gasteiger partial charge in [0.25, 0.3) is 0 Å². The van der Waals surface area contributed by atoms with Crippen molar-refractivity contribution in [3.05, 3.63) is 11.6 Å². The number of carbonyl (C=O) groups excluding carboxylic acids is 3. The van der Waals surface area contributed by atoms with Crippen LogP contribution in [0.1, 0.15) is 40.5 Å². The van der Waals surface area contributed by atoms with Gasteiger partial charge in [-0.2, -0.15) is 0 Å². The van der Waals surface area contributed by atoms with E-state index in [4.69, 9.17) is 28.4 Å². The summed E-state index contributed by atoms with van der Waals surface area (Å²) >= 11 is 0. The molecule has 270 valence electrons. The molecule has 2 bridgehead atoms. The first-order valence-corrected chi connectivity index (χ1v) is 16.3. The molecule has 0 aromatic rings. The Balaban J connectivity index is 1.45. The number of methoxy groups -OCH3 is 1. The van der Waals surface area contributed by atoms with Gasteiger partial charge in [-0.05, 0) is 25.2 Å². The average Bonchev–Trinajstić information content (AvgIpc) is 3.34. The predicted octanol–water partition coefficient (Wildman–Crippen LogP) is -2.70. The molecule has 16 nitrogen and oxygen atoms in total. The molecule has 0 unspecified atom stereocenters. The maximum Gasteiger partial charge on any atom is 0.348 e. The Morgan fingerprint density at radius 2 is 1.71 bits per heavy atom. The molecule has 5 fully saturated rings. The van der Waals surface area contributed by atoms with Crippen molar-refractivity contribution in [2.24, 2.45) is 34.5 Å². The molecule has 6 rings (SSSR count). The molecule has 16 heteroatoms. The second kappa shape index (κ2) is 12.2. The van der Waals surface area contributed by atoms with Gasteiger partial charge >= 0.3 is 17.9 Å². The van der Waals surface area contributed by atoms with Gasteiger partial charge in [-0.3, -0.25) is 4.79 Å². The number of ether oxygens (including phenoxy) is 6. The number of esters is 3. The van der Waals surface area contributed by atoms with Crippen LogP contribution in [0.25, 0.3) is 0 Å². The Hall–Kier alpha value is -2.25. The minimum atomic E-state index is -2.33. The molecule has 0 radical (unpaired) electrons. The number of fused-ring (bicyclic) bond motifs is 2. The minimum Gasteiger partial charge on any atom is -0.467 e.